The van der Waals surface area contributed by atoms with E-state index in [0.717, 1.165) is 11.4 Å². The van der Waals surface area contributed by atoms with E-state index in [1.165, 1.54) is 6.33 Å². The number of hydrogen-bond acceptors (Lipinski definition) is 5. The Morgan fingerprint density at radius 3 is 2.21 bits per heavy atom. The molecule has 0 aliphatic rings. The number of sulfonamides is 1. The fourth-order valence-electron chi connectivity index (χ4n) is 2.11. The number of rotatable bonds is 5. The summed E-state index contributed by atoms with van der Waals surface area (Å²) in [4.78, 5) is 8.39. The van der Waals surface area contributed by atoms with Gasteiger partial charge in [0.05, 0.1) is 4.90 Å². The molecule has 1 heterocycles. The minimum Gasteiger partial charge on any atom is -0.340 e. The molecule has 1 aromatic heterocycles. The predicted octanol–water partition coefficient (Wildman–Crippen LogP) is 3.33. The van der Waals surface area contributed by atoms with E-state index in [-0.39, 0.29) is 4.90 Å². The van der Waals surface area contributed by atoms with E-state index in [9.17, 15) is 8.42 Å². The van der Waals surface area contributed by atoms with Crippen LogP contribution < -0.4 is 10.0 Å². The van der Waals surface area contributed by atoms with Crippen molar-refractivity contribution in [2.24, 2.45) is 0 Å². The van der Waals surface area contributed by atoms with Crippen LogP contribution in [0.15, 0.2) is 71.9 Å². The van der Waals surface area contributed by atoms with Crippen molar-refractivity contribution >= 4 is 27.2 Å². The lowest BCUT2D eigenvalue weighted by molar-refractivity contribution is 0.601. The van der Waals surface area contributed by atoms with Crippen molar-refractivity contribution in [2.75, 3.05) is 10.0 Å². The number of nitrogens with one attached hydrogen (secondary N) is 2. The van der Waals surface area contributed by atoms with Crippen molar-refractivity contribution in [1.82, 2.24) is 9.97 Å². The van der Waals surface area contributed by atoms with Crippen LogP contribution in [0, 0.1) is 6.92 Å². The molecule has 7 heteroatoms. The van der Waals surface area contributed by atoms with Gasteiger partial charge in [-0.2, -0.15) is 0 Å². The van der Waals surface area contributed by atoms with Crippen LogP contribution in [0.25, 0.3) is 0 Å². The van der Waals surface area contributed by atoms with Gasteiger partial charge in [0.2, 0.25) is 0 Å². The van der Waals surface area contributed by atoms with Crippen LogP contribution in [0.4, 0.5) is 17.2 Å². The fraction of sp³-hybridized carbons (Fsp3) is 0.0588. The van der Waals surface area contributed by atoms with E-state index in [0.29, 0.717) is 11.5 Å². The molecule has 0 saturated heterocycles. The lowest BCUT2D eigenvalue weighted by Gasteiger charge is -2.10. The van der Waals surface area contributed by atoms with Gasteiger partial charge in [0.25, 0.3) is 10.0 Å². The molecule has 0 spiro atoms. The van der Waals surface area contributed by atoms with Gasteiger partial charge >= 0.3 is 0 Å². The molecule has 0 unspecified atom stereocenters. The predicted molar refractivity (Wildman–Crippen MR) is 93.7 cm³/mol. The van der Waals surface area contributed by atoms with E-state index in [2.05, 4.69) is 20.0 Å². The second-order valence-electron chi connectivity index (χ2n) is 5.17. The van der Waals surface area contributed by atoms with Crippen molar-refractivity contribution in [2.45, 2.75) is 11.8 Å². The van der Waals surface area contributed by atoms with Gasteiger partial charge in [-0.1, -0.05) is 18.2 Å². The molecule has 2 aromatic carbocycles. The van der Waals surface area contributed by atoms with Crippen molar-refractivity contribution in [3.63, 3.8) is 0 Å². The Morgan fingerprint density at radius 1 is 0.875 bits per heavy atom. The highest BCUT2D eigenvalue weighted by Gasteiger charge is 2.13. The number of benzene rings is 2. The third-order valence-corrected chi connectivity index (χ3v) is 4.66. The SMILES string of the molecule is Cc1cc(Nc2ccc(NS(=O)(=O)c3ccccc3)cc2)ncn1. The standard InChI is InChI=1S/C17H16N4O2S/c1-13-11-17(19-12-18-13)20-14-7-9-15(10-8-14)21-24(22,23)16-5-3-2-4-6-16/h2-12,21H,1H3,(H,18,19,20). The van der Waals surface area contributed by atoms with Gasteiger partial charge in [0, 0.05) is 23.1 Å². The molecule has 0 atom stereocenters. The van der Waals surface area contributed by atoms with Crippen LogP contribution in [0.2, 0.25) is 0 Å². The highest BCUT2D eigenvalue weighted by Crippen LogP contribution is 2.20. The fourth-order valence-corrected chi connectivity index (χ4v) is 3.19. The average Bonchev–Trinajstić information content (AvgIpc) is 2.57. The minimum atomic E-state index is -3.58. The van der Waals surface area contributed by atoms with Crippen LogP contribution >= 0.6 is 0 Å². The first-order valence-electron chi connectivity index (χ1n) is 7.26. The normalized spacial score (nSPS) is 11.0. The van der Waals surface area contributed by atoms with Crippen molar-refractivity contribution in [3.05, 3.63) is 72.7 Å². The average molecular weight is 340 g/mol. The van der Waals surface area contributed by atoms with Crippen LogP contribution in [0.5, 0.6) is 0 Å². The summed E-state index contributed by atoms with van der Waals surface area (Å²) in [6, 6.07) is 17.0. The summed E-state index contributed by atoms with van der Waals surface area (Å²) in [6.45, 7) is 1.88. The lowest BCUT2D eigenvalue weighted by atomic mass is 10.3. The van der Waals surface area contributed by atoms with Crippen LogP contribution in [-0.4, -0.2) is 18.4 Å². The monoisotopic (exact) mass is 340 g/mol. The van der Waals surface area contributed by atoms with Gasteiger partial charge in [0.15, 0.2) is 0 Å². The molecule has 3 rings (SSSR count). The minimum absolute atomic E-state index is 0.226. The third-order valence-electron chi connectivity index (χ3n) is 3.27. The summed E-state index contributed by atoms with van der Waals surface area (Å²) in [6.07, 6.45) is 1.49. The molecule has 3 aromatic rings. The summed E-state index contributed by atoms with van der Waals surface area (Å²) >= 11 is 0. The zero-order chi connectivity index (χ0) is 17.0. The Hall–Kier alpha value is -2.93. The smallest absolute Gasteiger partial charge is 0.261 e. The van der Waals surface area contributed by atoms with Gasteiger partial charge in [-0.3, -0.25) is 4.72 Å². The molecule has 122 valence electrons. The van der Waals surface area contributed by atoms with E-state index < -0.39 is 10.0 Å². The number of anilines is 3. The topological polar surface area (TPSA) is 84.0 Å². The number of aryl methyl sites for hydroxylation is 1. The summed E-state index contributed by atoms with van der Waals surface area (Å²) in [5.74, 6) is 0.681. The van der Waals surface area contributed by atoms with E-state index >= 15 is 0 Å². The first-order chi connectivity index (χ1) is 11.5. The van der Waals surface area contributed by atoms with Gasteiger partial charge in [-0.05, 0) is 43.3 Å². The Morgan fingerprint density at radius 2 is 1.54 bits per heavy atom. The van der Waals surface area contributed by atoms with Crippen molar-refractivity contribution in [3.8, 4) is 0 Å². The molecule has 0 fully saturated rings. The summed E-state index contributed by atoms with van der Waals surface area (Å²) in [5.41, 5.74) is 2.15. The van der Waals surface area contributed by atoms with E-state index in [4.69, 9.17) is 0 Å². The highest BCUT2D eigenvalue weighted by molar-refractivity contribution is 7.92. The number of hydrogen-bond donors (Lipinski definition) is 2. The number of nitrogens with zero attached hydrogens (tertiary/aromatic N) is 2. The molecule has 2 N–H and O–H groups in total. The molecular formula is C17H16N4O2S. The maximum absolute atomic E-state index is 12.3. The molecule has 0 aliphatic heterocycles. The van der Waals surface area contributed by atoms with Gasteiger partial charge in [0.1, 0.15) is 12.1 Å². The van der Waals surface area contributed by atoms with Gasteiger partial charge < -0.3 is 5.32 Å². The Kier molecular flexibility index (Phi) is 4.43. The Balaban J connectivity index is 1.73. The molecule has 6 nitrogen and oxygen atoms in total. The molecule has 0 bridgehead atoms. The maximum atomic E-state index is 12.3. The van der Waals surface area contributed by atoms with Gasteiger partial charge in [-0.15, -0.1) is 0 Å². The first-order valence-corrected chi connectivity index (χ1v) is 8.75. The quantitative estimate of drug-likeness (QED) is 0.744. The number of aromatic nitrogens is 2. The largest absolute Gasteiger partial charge is 0.340 e. The second-order valence-corrected chi connectivity index (χ2v) is 6.85. The van der Waals surface area contributed by atoms with E-state index in [1.807, 2.05) is 13.0 Å². The highest BCUT2D eigenvalue weighted by atomic mass is 32.2. The molecule has 0 amide bonds. The third kappa shape index (κ3) is 3.88. The molecule has 0 radical (unpaired) electrons. The summed E-state index contributed by atoms with van der Waals surface area (Å²) in [7, 11) is -3.58. The summed E-state index contributed by atoms with van der Waals surface area (Å²) < 4.78 is 27.1. The molecule has 24 heavy (non-hydrogen) atoms. The van der Waals surface area contributed by atoms with Crippen molar-refractivity contribution in [1.29, 1.82) is 0 Å². The zero-order valence-electron chi connectivity index (χ0n) is 13.0. The van der Waals surface area contributed by atoms with Crippen LogP contribution in [0.3, 0.4) is 0 Å². The second kappa shape index (κ2) is 6.67. The lowest BCUT2D eigenvalue weighted by Crippen LogP contribution is -2.12. The maximum Gasteiger partial charge on any atom is 0.261 e. The van der Waals surface area contributed by atoms with Crippen LogP contribution in [0.1, 0.15) is 5.69 Å². The molecule has 0 saturated carbocycles. The molecular weight excluding hydrogens is 324 g/mol. The Labute approximate surface area is 140 Å². The van der Waals surface area contributed by atoms with Crippen molar-refractivity contribution < 1.29 is 8.42 Å². The summed E-state index contributed by atoms with van der Waals surface area (Å²) in [5, 5.41) is 3.14. The molecule has 0 aliphatic carbocycles. The first kappa shape index (κ1) is 15.9. The Bertz CT molecular complexity index is 926. The zero-order valence-corrected chi connectivity index (χ0v) is 13.8. The van der Waals surface area contributed by atoms with Gasteiger partial charge in [-0.25, -0.2) is 18.4 Å². The van der Waals surface area contributed by atoms with E-state index in [1.54, 1.807) is 54.6 Å². The van der Waals surface area contributed by atoms with Crippen LogP contribution in [-0.2, 0) is 10.0 Å².